The van der Waals surface area contributed by atoms with Crippen molar-refractivity contribution in [1.29, 1.82) is 0 Å². The predicted molar refractivity (Wildman–Crippen MR) is 124 cm³/mol. The molecule has 1 saturated heterocycles. The number of rotatable bonds is 5. The average Bonchev–Trinajstić information content (AvgIpc) is 3.19. The van der Waals surface area contributed by atoms with E-state index >= 15 is 0 Å². The van der Waals surface area contributed by atoms with Crippen molar-refractivity contribution >= 4 is 38.4 Å². The number of aryl methyl sites for hydroxylation is 3. The van der Waals surface area contributed by atoms with E-state index < -0.39 is 9.84 Å². The predicted octanol–water partition coefficient (Wildman–Crippen LogP) is 2.46. The molecule has 32 heavy (non-hydrogen) atoms. The van der Waals surface area contributed by atoms with Crippen LogP contribution in [0.15, 0.2) is 29.3 Å². The molecule has 1 N–H and O–H groups in total. The molecule has 1 aliphatic heterocycles. The molecule has 3 heterocycles. The summed E-state index contributed by atoms with van der Waals surface area (Å²) in [6.45, 7) is 5.95. The van der Waals surface area contributed by atoms with Crippen LogP contribution in [0.2, 0.25) is 5.02 Å². The Bertz CT molecular complexity index is 1390. The quantitative estimate of drug-likeness (QED) is 0.609. The SMILES string of the molecule is Cc1ccc(Cl)cc1-n1c(C)c(C)c2c(=O)n(CCC(=O)NC3CCS(=O)(=O)C3)cnc21. The van der Waals surface area contributed by atoms with Crippen molar-refractivity contribution in [1.82, 2.24) is 19.4 Å². The Morgan fingerprint density at radius 1 is 1.28 bits per heavy atom. The second-order valence-corrected chi connectivity index (χ2v) is 11.0. The van der Waals surface area contributed by atoms with E-state index in [1.54, 1.807) is 0 Å². The molecule has 1 atom stereocenters. The maximum atomic E-state index is 13.2. The van der Waals surface area contributed by atoms with E-state index in [4.69, 9.17) is 11.6 Å². The lowest BCUT2D eigenvalue weighted by atomic mass is 10.2. The Balaban J connectivity index is 1.61. The second kappa shape index (κ2) is 8.37. The number of aromatic nitrogens is 3. The average molecular weight is 477 g/mol. The Morgan fingerprint density at radius 3 is 2.72 bits per heavy atom. The van der Waals surface area contributed by atoms with E-state index in [0.29, 0.717) is 22.5 Å². The molecule has 1 aromatic carbocycles. The summed E-state index contributed by atoms with van der Waals surface area (Å²) in [4.78, 5) is 30.0. The van der Waals surface area contributed by atoms with Gasteiger partial charge in [0.25, 0.3) is 5.56 Å². The topological polar surface area (TPSA) is 103 Å². The van der Waals surface area contributed by atoms with Crippen LogP contribution in [0.4, 0.5) is 0 Å². The van der Waals surface area contributed by atoms with Crippen LogP contribution >= 0.6 is 11.6 Å². The molecular formula is C22H25ClN4O4S. The lowest BCUT2D eigenvalue weighted by Gasteiger charge is -2.13. The van der Waals surface area contributed by atoms with Gasteiger partial charge in [0.1, 0.15) is 0 Å². The van der Waals surface area contributed by atoms with E-state index in [0.717, 1.165) is 22.5 Å². The summed E-state index contributed by atoms with van der Waals surface area (Å²) in [5.74, 6) is -0.208. The summed E-state index contributed by atoms with van der Waals surface area (Å²) < 4.78 is 26.5. The number of carbonyl (C=O) groups excluding carboxylic acids is 1. The number of hydrogen-bond acceptors (Lipinski definition) is 5. The number of carbonyl (C=O) groups is 1. The molecule has 170 valence electrons. The van der Waals surface area contributed by atoms with Crippen LogP contribution in [0.3, 0.4) is 0 Å². The van der Waals surface area contributed by atoms with Crippen LogP contribution in [-0.2, 0) is 21.2 Å². The first-order valence-electron chi connectivity index (χ1n) is 10.4. The number of amides is 1. The molecule has 4 rings (SSSR count). The maximum absolute atomic E-state index is 13.2. The third kappa shape index (κ3) is 4.19. The molecule has 0 bridgehead atoms. The zero-order valence-corrected chi connectivity index (χ0v) is 19.8. The van der Waals surface area contributed by atoms with Crippen molar-refractivity contribution in [3.05, 3.63) is 56.7 Å². The van der Waals surface area contributed by atoms with E-state index in [1.165, 1.54) is 10.9 Å². The van der Waals surface area contributed by atoms with Crippen LogP contribution in [-0.4, -0.2) is 46.0 Å². The highest BCUT2D eigenvalue weighted by molar-refractivity contribution is 7.91. The van der Waals surface area contributed by atoms with Crippen LogP contribution in [0.1, 0.15) is 29.7 Å². The van der Waals surface area contributed by atoms with E-state index in [2.05, 4.69) is 10.3 Å². The highest BCUT2D eigenvalue weighted by Crippen LogP contribution is 2.28. The zero-order chi connectivity index (χ0) is 23.2. The minimum absolute atomic E-state index is 0.0267. The summed E-state index contributed by atoms with van der Waals surface area (Å²) in [6.07, 6.45) is 1.94. The van der Waals surface area contributed by atoms with Gasteiger partial charge in [0.05, 0.1) is 28.9 Å². The fourth-order valence-corrected chi connectivity index (χ4v) is 6.03. The molecule has 1 unspecified atom stereocenters. The fourth-order valence-electron chi connectivity index (χ4n) is 4.19. The minimum atomic E-state index is -3.07. The molecule has 0 aliphatic carbocycles. The molecule has 1 fully saturated rings. The van der Waals surface area contributed by atoms with Gasteiger partial charge in [-0.2, -0.15) is 0 Å². The van der Waals surface area contributed by atoms with Gasteiger partial charge in [0, 0.05) is 29.7 Å². The van der Waals surface area contributed by atoms with Gasteiger partial charge in [-0.1, -0.05) is 17.7 Å². The largest absolute Gasteiger partial charge is 0.352 e. The normalized spacial score (nSPS) is 17.7. The molecule has 2 aromatic heterocycles. The Kier molecular flexibility index (Phi) is 5.89. The maximum Gasteiger partial charge on any atom is 0.263 e. The standard InChI is InChI=1S/C22H25ClN4O4S/c1-13-4-5-16(23)10-18(13)27-15(3)14(2)20-21(27)24-12-26(22(20)29)8-6-19(28)25-17-7-9-32(30,31)11-17/h4-5,10,12,17H,6-9,11H2,1-3H3,(H,25,28). The van der Waals surface area contributed by atoms with E-state index in [9.17, 15) is 18.0 Å². The number of benzene rings is 1. The molecule has 0 radical (unpaired) electrons. The highest BCUT2D eigenvalue weighted by Gasteiger charge is 2.28. The van der Waals surface area contributed by atoms with Gasteiger partial charge in [-0.3, -0.25) is 18.7 Å². The molecule has 0 saturated carbocycles. The number of fused-ring (bicyclic) bond motifs is 1. The van der Waals surface area contributed by atoms with Crippen molar-refractivity contribution in [2.75, 3.05) is 11.5 Å². The Hall–Kier alpha value is -2.65. The van der Waals surface area contributed by atoms with Crippen molar-refractivity contribution in [3.63, 3.8) is 0 Å². The van der Waals surface area contributed by atoms with E-state index in [-0.39, 0.29) is 42.0 Å². The molecule has 10 heteroatoms. The summed E-state index contributed by atoms with van der Waals surface area (Å²) in [5, 5.41) is 3.85. The first-order chi connectivity index (χ1) is 15.1. The number of sulfone groups is 1. The molecule has 1 amide bonds. The van der Waals surface area contributed by atoms with Gasteiger partial charge in [0.15, 0.2) is 15.5 Å². The third-order valence-electron chi connectivity index (χ3n) is 6.07. The monoisotopic (exact) mass is 476 g/mol. The van der Waals surface area contributed by atoms with Gasteiger partial charge < -0.3 is 5.32 Å². The van der Waals surface area contributed by atoms with Gasteiger partial charge in [-0.05, 0) is 50.5 Å². The third-order valence-corrected chi connectivity index (χ3v) is 8.08. The Morgan fingerprint density at radius 2 is 2.03 bits per heavy atom. The number of halogens is 1. The molecule has 0 spiro atoms. The highest BCUT2D eigenvalue weighted by atomic mass is 35.5. The van der Waals surface area contributed by atoms with Crippen LogP contribution in [0.5, 0.6) is 0 Å². The zero-order valence-electron chi connectivity index (χ0n) is 18.2. The Labute approximate surface area is 191 Å². The lowest BCUT2D eigenvalue weighted by Crippen LogP contribution is -2.36. The fraction of sp³-hybridized carbons (Fsp3) is 0.409. The smallest absolute Gasteiger partial charge is 0.263 e. The number of nitrogens with one attached hydrogen (secondary N) is 1. The van der Waals surface area contributed by atoms with Crippen molar-refractivity contribution in [3.8, 4) is 5.69 Å². The molecule has 1 aliphatic rings. The van der Waals surface area contributed by atoms with Gasteiger partial charge in [-0.25, -0.2) is 13.4 Å². The first-order valence-corrected chi connectivity index (χ1v) is 12.6. The second-order valence-electron chi connectivity index (χ2n) is 8.34. The van der Waals surface area contributed by atoms with Crippen molar-refractivity contribution in [2.45, 2.75) is 46.2 Å². The summed E-state index contributed by atoms with van der Waals surface area (Å²) in [5.41, 5.74) is 3.92. The van der Waals surface area contributed by atoms with E-state index in [1.807, 2.05) is 43.5 Å². The summed E-state index contributed by atoms with van der Waals surface area (Å²) >= 11 is 6.21. The summed E-state index contributed by atoms with van der Waals surface area (Å²) in [6, 6.07) is 5.24. The van der Waals surface area contributed by atoms with Crippen LogP contribution < -0.4 is 10.9 Å². The molecular weight excluding hydrogens is 452 g/mol. The lowest BCUT2D eigenvalue weighted by molar-refractivity contribution is -0.121. The minimum Gasteiger partial charge on any atom is -0.352 e. The van der Waals surface area contributed by atoms with Gasteiger partial charge >= 0.3 is 0 Å². The van der Waals surface area contributed by atoms with Gasteiger partial charge in [-0.15, -0.1) is 0 Å². The van der Waals surface area contributed by atoms with Gasteiger partial charge in [0.2, 0.25) is 5.91 Å². The van der Waals surface area contributed by atoms with Crippen molar-refractivity contribution < 1.29 is 13.2 Å². The number of hydrogen-bond donors (Lipinski definition) is 1. The van der Waals surface area contributed by atoms with Crippen LogP contribution in [0, 0.1) is 20.8 Å². The molecule has 3 aromatic rings. The number of nitrogens with zero attached hydrogens (tertiary/aromatic N) is 3. The van der Waals surface area contributed by atoms with Crippen LogP contribution in [0.25, 0.3) is 16.7 Å². The summed E-state index contributed by atoms with van der Waals surface area (Å²) in [7, 11) is -3.07. The van der Waals surface area contributed by atoms with Crippen molar-refractivity contribution in [2.24, 2.45) is 0 Å². The first kappa shape index (κ1) is 22.5. The molecule has 8 nitrogen and oxygen atoms in total.